The summed E-state index contributed by atoms with van der Waals surface area (Å²) in [5, 5.41) is 17.4. The lowest BCUT2D eigenvalue weighted by Gasteiger charge is -2.30. The molecule has 0 spiro atoms. The Morgan fingerprint density at radius 3 is 2.25 bits per heavy atom. The first-order valence-corrected chi connectivity index (χ1v) is 11.0. The molecule has 2 rings (SSSR count). The van der Waals surface area contributed by atoms with Gasteiger partial charge in [-0.05, 0) is 38.8 Å². The molecule has 1 aliphatic rings. The van der Waals surface area contributed by atoms with E-state index in [0.29, 0.717) is 6.07 Å². The maximum atomic E-state index is 13.2. The molecule has 176 valence electrons. The predicted molar refractivity (Wildman–Crippen MR) is 108 cm³/mol. The molecule has 12 heteroatoms. The van der Waals surface area contributed by atoms with E-state index in [0.717, 1.165) is 23.4 Å². The van der Waals surface area contributed by atoms with Crippen molar-refractivity contribution < 1.29 is 41.0 Å². The lowest BCUT2D eigenvalue weighted by atomic mass is 9.98. The molecule has 0 amide bonds. The zero-order valence-electron chi connectivity index (χ0n) is 17.4. The van der Waals surface area contributed by atoms with Crippen LogP contribution in [0.3, 0.4) is 0 Å². The van der Waals surface area contributed by atoms with E-state index in [4.69, 9.17) is 10.1 Å². The molecule has 1 heterocycles. The van der Waals surface area contributed by atoms with Gasteiger partial charge in [0.15, 0.2) is 5.78 Å². The lowest BCUT2D eigenvalue weighted by Crippen LogP contribution is -2.41. The highest BCUT2D eigenvalue weighted by Crippen LogP contribution is 2.36. The van der Waals surface area contributed by atoms with Crippen molar-refractivity contribution in [3.8, 4) is 0 Å². The summed E-state index contributed by atoms with van der Waals surface area (Å²) in [6.07, 6.45) is -4.81. The van der Waals surface area contributed by atoms with Crippen LogP contribution in [0.25, 0.3) is 0 Å². The summed E-state index contributed by atoms with van der Waals surface area (Å²) in [5.41, 5.74) is -1.71. The molecule has 0 aromatic heterocycles. The van der Waals surface area contributed by atoms with Crippen LogP contribution in [0.2, 0.25) is 0 Å². The average molecular weight is 476 g/mol. The standard InChI is InChI=1S/C20H23F3N2O6S/c1-12(24)18(13(2)26)16(27)11-31-19(28)14-7-9-25(10-8-14)32(29,30)17-6-4-3-5-15(17)20(21,22)23/h3-6,14,24,27H,7-11H2,1-2H3/b18-16-,24-12?. The topological polar surface area (TPSA) is 125 Å². The molecule has 1 aliphatic heterocycles. The zero-order chi connectivity index (χ0) is 24.3. The summed E-state index contributed by atoms with van der Waals surface area (Å²) in [6, 6.07) is 3.90. The van der Waals surface area contributed by atoms with Crippen molar-refractivity contribution in [1.29, 1.82) is 5.41 Å². The van der Waals surface area contributed by atoms with Gasteiger partial charge in [-0.1, -0.05) is 12.1 Å². The Labute approximate surface area is 183 Å². The third-order valence-electron chi connectivity index (χ3n) is 4.96. The van der Waals surface area contributed by atoms with Crippen molar-refractivity contribution in [2.75, 3.05) is 19.7 Å². The third-order valence-corrected chi connectivity index (χ3v) is 6.92. The maximum Gasteiger partial charge on any atom is 0.417 e. The van der Waals surface area contributed by atoms with Crippen LogP contribution in [-0.4, -0.2) is 55.0 Å². The fourth-order valence-electron chi connectivity index (χ4n) is 3.41. The van der Waals surface area contributed by atoms with E-state index in [9.17, 15) is 36.3 Å². The first kappa shape index (κ1) is 25.5. The van der Waals surface area contributed by atoms with E-state index < -0.39 is 56.7 Å². The van der Waals surface area contributed by atoms with Crippen LogP contribution in [0.4, 0.5) is 13.2 Å². The van der Waals surface area contributed by atoms with Crippen LogP contribution >= 0.6 is 0 Å². The number of carbonyl (C=O) groups excluding carboxylic acids is 2. The minimum atomic E-state index is -4.84. The van der Waals surface area contributed by atoms with E-state index in [-0.39, 0.29) is 37.2 Å². The normalized spacial score (nSPS) is 16.9. The van der Waals surface area contributed by atoms with Gasteiger partial charge in [0, 0.05) is 18.8 Å². The molecule has 0 atom stereocenters. The summed E-state index contributed by atoms with van der Waals surface area (Å²) in [7, 11) is -4.43. The number of aliphatic hydroxyl groups excluding tert-OH is 1. The van der Waals surface area contributed by atoms with Gasteiger partial charge in [0.25, 0.3) is 0 Å². The number of carbonyl (C=O) groups is 2. The van der Waals surface area contributed by atoms with Crippen molar-refractivity contribution in [3.63, 3.8) is 0 Å². The number of nitrogens with one attached hydrogen (secondary N) is 1. The molecule has 1 aromatic rings. The number of alkyl halides is 3. The number of Topliss-reactive ketones (excluding diaryl/α,β-unsaturated/α-hetero) is 1. The molecule has 0 bridgehead atoms. The van der Waals surface area contributed by atoms with Crippen LogP contribution in [0, 0.1) is 11.3 Å². The van der Waals surface area contributed by atoms with Crippen molar-refractivity contribution >= 4 is 27.5 Å². The van der Waals surface area contributed by atoms with Gasteiger partial charge < -0.3 is 15.3 Å². The highest BCUT2D eigenvalue weighted by Gasteiger charge is 2.40. The number of piperidine rings is 1. The van der Waals surface area contributed by atoms with Crippen molar-refractivity contribution in [2.24, 2.45) is 5.92 Å². The largest absolute Gasteiger partial charge is 0.508 e. The second-order valence-electron chi connectivity index (χ2n) is 7.28. The van der Waals surface area contributed by atoms with E-state index in [1.165, 1.54) is 13.0 Å². The molecule has 0 unspecified atom stereocenters. The number of hydrogen-bond acceptors (Lipinski definition) is 7. The number of ether oxygens (including phenoxy) is 1. The number of sulfonamides is 1. The molecule has 0 saturated carbocycles. The first-order chi connectivity index (χ1) is 14.8. The second kappa shape index (κ2) is 9.82. The number of aliphatic hydroxyl groups is 1. The van der Waals surface area contributed by atoms with E-state index in [1.54, 1.807) is 0 Å². The Hall–Kier alpha value is -2.73. The molecule has 2 N–H and O–H groups in total. The molecule has 0 radical (unpaired) electrons. The molecule has 8 nitrogen and oxygen atoms in total. The monoisotopic (exact) mass is 476 g/mol. The lowest BCUT2D eigenvalue weighted by molar-refractivity contribution is -0.149. The predicted octanol–water partition coefficient (Wildman–Crippen LogP) is 3.09. The highest BCUT2D eigenvalue weighted by molar-refractivity contribution is 7.89. The van der Waals surface area contributed by atoms with Gasteiger partial charge in [-0.25, -0.2) is 8.42 Å². The van der Waals surface area contributed by atoms with Crippen LogP contribution in [-0.2, 0) is 30.5 Å². The summed E-state index contributed by atoms with van der Waals surface area (Å²) >= 11 is 0. The Balaban J connectivity index is 2.06. The van der Waals surface area contributed by atoms with E-state index in [1.807, 2.05) is 0 Å². The summed E-state index contributed by atoms with van der Waals surface area (Å²) in [6.45, 7) is 1.45. The number of hydrogen-bond donors (Lipinski definition) is 2. The SMILES string of the molecule is CC(=N)/C(C(C)=O)=C(/O)COC(=O)C1CCN(S(=O)(=O)c2ccccc2C(F)(F)F)CC1. The number of halogens is 3. The van der Waals surface area contributed by atoms with Crippen molar-refractivity contribution in [1.82, 2.24) is 4.31 Å². The molecule has 1 saturated heterocycles. The number of nitrogens with zero attached hydrogens (tertiary/aromatic N) is 1. The van der Waals surface area contributed by atoms with Gasteiger partial charge in [0.1, 0.15) is 12.4 Å². The van der Waals surface area contributed by atoms with Gasteiger partial charge in [-0.15, -0.1) is 0 Å². The summed E-state index contributed by atoms with van der Waals surface area (Å²) in [4.78, 5) is 22.9. The molecule has 32 heavy (non-hydrogen) atoms. The van der Waals surface area contributed by atoms with Crippen LogP contribution in [0.1, 0.15) is 32.3 Å². The highest BCUT2D eigenvalue weighted by atomic mass is 32.2. The Morgan fingerprint density at radius 2 is 1.75 bits per heavy atom. The summed E-state index contributed by atoms with van der Waals surface area (Å²) < 4.78 is 71.1. The molecule has 1 fully saturated rings. The van der Waals surface area contributed by atoms with Gasteiger partial charge in [-0.2, -0.15) is 17.5 Å². The Bertz CT molecular complexity index is 1030. The fourth-order valence-corrected chi connectivity index (χ4v) is 5.09. The Morgan fingerprint density at radius 1 is 1.19 bits per heavy atom. The molecular formula is C20H23F3N2O6S. The van der Waals surface area contributed by atoms with Gasteiger partial charge >= 0.3 is 12.1 Å². The number of benzene rings is 1. The van der Waals surface area contributed by atoms with E-state index >= 15 is 0 Å². The number of esters is 1. The van der Waals surface area contributed by atoms with Crippen molar-refractivity contribution in [2.45, 2.75) is 37.8 Å². The summed E-state index contributed by atoms with van der Waals surface area (Å²) in [5.74, 6) is -2.60. The minimum Gasteiger partial charge on any atom is -0.508 e. The molecule has 1 aromatic carbocycles. The Kier molecular flexibility index (Phi) is 7.83. The minimum absolute atomic E-state index is 0.0138. The molecular weight excluding hydrogens is 453 g/mol. The maximum absolute atomic E-state index is 13.2. The van der Waals surface area contributed by atoms with E-state index in [2.05, 4.69) is 0 Å². The smallest absolute Gasteiger partial charge is 0.417 e. The fraction of sp³-hybridized carbons (Fsp3) is 0.450. The number of allylic oxidation sites excluding steroid dienone is 1. The quantitative estimate of drug-likeness (QED) is 0.270. The average Bonchev–Trinajstić information content (AvgIpc) is 2.71. The van der Waals surface area contributed by atoms with Gasteiger partial charge in [-0.3, -0.25) is 9.59 Å². The van der Waals surface area contributed by atoms with Gasteiger partial charge in [0.05, 0.1) is 21.9 Å². The number of ketones is 1. The van der Waals surface area contributed by atoms with Crippen LogP contribution < -0.4 is 0 Å². The van der Waals surface area contributed by atoms with Gasteiger partial charge in [0.2, 0.25) is 10.0 Å². The third kappa shape index (κ3) is 5.74. The van der Waals surface area contributed by atoms with Crippen molar-refractivity contribution in [3.05, 3.63) is 41.2 Å². The van der Waals surface area contributed by atoms with Crippen LogP contribution in [0.5, 0.6) is 0 Å². The second-order valence-corrected chi connectivity index (χ2v) is 9.19. The molecule has 0 aliphatic carbocycles. The number of rotatable bonds is 7. The van der Waals surface area contributed by atoms with Crippen LogP contribution in [0.15, 0.2) is 40.5 Å². The zero-order valence-corrected chi connectivity index (χ0v) is 18.2. The first-order valence-electron chi connectivity index (χ1n) is 9.58.